The minimum atomic E-state index is -3.62. The molecule has 1 saturated carbocycles. The molecule has 3 N–H and O–H groups in total. The first-order chi connectivity index (χ1) is 9.45. The Morgan fingerprint density at radius 1 is 1.55 bits per heavy atom. The first-order valence-electron chi connectivity index (χ1n) is 6.79. The lowest BCUT2D eigenvalue weighted by molar-refractivity contribution is 0.354. The van der Waals surface area contributed by atoms with Crippen LogP contribution in [-0.4, -0.2) is 40.3 Å². The van der Waals surface area contributed by atoms with Gasteiger partial charge in [0, 0.05) is 12.5 Å². The van der Waals surface area contributed by atoms with E-state index in [1.54, 1.807) is 0 Å². The van der Waals surface area contributed by atoms with E-state index >= 15 is 0 Å². The van der Waals surface area contributed by atoms with Gasteiger partial charge in [-0.2, -0.15) is 4.31 Å². The Hall–Kier alpha value is -0.990. The number of imidazole rings is 1. The van der Waals surface area contributed by atoms with Gasteiger partial charge in [-0.1, -0.05) is 32.0 Å². The van der Waals surface area contributed by atoms with Crippen molar-refractivity contribution < 1.29 is 8.42 Å². The third kappa shape index (κ3) is 3.18. The largest absolute Gasteiger partial charge is 0.392 e. The third-order valence-electron chi connectivity index (χ3n) is 3.57. The Balaban J connectivity index is 2.32. The Morgan fingerprint density at radius 2 is 2.20 bits per heavy atom. The Labute approximate surface area is 124 Å². The monoisotopic (exact) mass is 316 g/mol. The summed E-state index contributed by atoms with van der Waals surface area (Å²) in [5.74, 6) is 0.658. The molecule has 1 heterocycles. The van der Waals surface area contributed by atoms with Gasteiger partial charge in [0.05, 0.1) is 17.7 Å². The number of aryl methyl sites for hydroxylation is 1. The van der Waals surface area contributed by atoms with Crippen LogP contribution in [0, 0.1) is 0 Å². The average molecular weight is 316 g/mol. The van der Waals surface area contributed by atoms with Crippen molar-refractivity contribution >= 4 is 27.2 Å². The number of aromatic nitrogens is 2. The van der Waals surface area contributed by atoms with Crippen molar-refractivity contribution in [2.24, 2.45) is 5.73 Å². The number of nitrogens with one attached hydrogen (secondary N) is 1. The molecule has 0 radical (unpaired) electrons. The van der Waals surface area contributed by atoms with Crippen LogP contribution in [0.2, 0.25) is 0 Å². The van der Waals surface area contributed by atoms with E-state index in [4.69, 9.17) is 18.0 Å². The highest BCUT2D eigenvalue weighted by molar-refractivity contribution is 7.89. The zero-order valence-corrected chi connectivity index (χ0v) is 13.1. The molecule has 8 heteroatoms. The Kier molecular flexibility index (Phi) is 4.77. The number of H-pyrrole nitrogens is 1. The number of rotatable bonds is 6. The van der Waals surface area contributed by atoms with Crippen LogP contribution in [0.3, 0.4) is 0 Å². The minimum absolute atomic E-state index is 0.0186. The molecule has 0 atom stereocenters. The number of nitrogens with zero attached hydrogens (tertiary/aromatic N) is 2. The molecule has 0 saturated heterocycles. The highest BCUT2D eigenvalue weighted by Crippen LogP contribution is 2.28. The molecule has 0 spiro atoms. The highest BCUT2D eigenvalue weighted by Gasteiger charge is 2.34. The Morgan fingerprint density at radius 3 is 2.70 bits per heavy atom. The van der Waals surface area contributed by atoms with Crippen molar-refractivity contribution in [1.82, 2.24) is 14.3 Å². The number of aromatic amines is 1. The maximum absolute atomic E-state index is 12.7. The van der Waals surface area contributed by atoms with E-state index in [0.29, 0.717) is 12.2 Å². The van der Waals surface area contributed by atoms with Gasteiger partial charge in [-0.3, -0.25) is 0 Å². The van der Waals surface area contributed by atoms with E-state index in [9.17, 15) is 8.42 Å². The minimum Gasteiger partial charge on any atom is -0.392 e. The van der Waals surface area contributed by atoms with Gasteiger partial charge in [0.2, 0.25) is 0 Å². The molecule has 1 aliphatic rings. The summed E-state index contributed by atoms with van der Waals surface area (Å²) in [7, 11) is -3.62. The Bertz CT molecular complexity index is 576. The molecule has 0 aromatic carbocycles. The fourth-order valence-electron chi connectivity index (χ4n) is 2.54. The summed E-state index contributed by atoms with van der Waals surface area (Å²) in [6, 6.07) is -0.0186. The third-order valence-corrected chi connectivity index (χ3v) is 5.51. The summed E-state index contributed by atoms with van der Waals surface area (Å²) in [6.45, 7) is 2.00. The van der Waals surface area contributed by atoms with Crippen LogP contribution in [0.1, 0.15) is 38.4 Å². The van der Waals surface area contributed by atoms with E-state index in [1.165, 1.54) is 10.5 Å². The van der Waals surface area contributed by atoms with Crippen LogP contribution in [0.4, 0.5) is 0 Å². The quantitative estimate of drug-likeness (QED) is 0.769. The van der Waals surface area contributed by atoms with Crippen molar-refractivity contribution in [3.63, 3.8) is 0 Å². The van der Waals surface area contributed by atoms with Gasteiger partial charge in [-0.15, -0.1) is 0 Å². The van der Waals surface area contributed by atoms with Gasteiger partial charge < -0.3 is 10.7 Å². The summed E-state index contributed by atoms with van der Waals surface area (Å²) in [5, 5.41) is 0.123. The molecule has 1 aliphatic carbocycles. The SMILES string of the molecule is CCc1ncc(S(=O)(=O)N(CC(N)=S)C2CCCC2)[nH]1. The predicted molar refractivity (Wildman–Crippen MR) is 80.9 cm³/mol. The molecule has 6 nitrogen and oxygen atoms in total. The molecular formula is C12H20N4O2S2. The standard InChI is InChI=1S/C12H20N4O2S2/c1-2-11-14-7-12(15-11)20(17,18)16(8-10(13)19)9-5-3-4-6-9/h7,9H,2-6,8H2,1H3,(H2,13,19)(H,14,15). The van der Waals surface area contributed by atoms with Gasteiger partial charge in [-0.05, 0) is 12.8 Å². The molecule has 0 bridgehead atoms. The average Bonchev–Trinajstić information content (AvgIpc) is 3.06. The predicted octanol–water partition coefficient (Wildman–Crippen LogP) is 1.19. The van der Waals surface area contributed by atoms with Gasteiger partial charge in [0.1, 0.15) is 5.82 Å². The molecule has 2 rings (SSSR count). The van der Waals surface area contributed by atoms with Gasteiger partial charge >= 0.3 is 0 Å². The number of sulfonamides is 1. The van der Waals surface area contributed by atoms with Gasteiger partial charge in [0.25, 0.3) is 10.0 Å². The highest BCUT2D eigenvalue weighted by atomic mass is 32.2. The smallest absolute Gasteiger partial charge is 0.260 e. The van der Waals surface area contributed by atoms with Crippen molar-refractivity contribution in [3.05, 3.63) is 12.0 Å². The number of nitrogens with two attached hydrogens (primary N) is 1. The van der Waals surface area contributed by atoms with Crippen LogP contribution in [0.25, 0.3) is 0 Å². The molecule has 20 heavy (non-hydrogen) atoms. The van der Waals surface area contributed by atoms with Gasteiger partial charge in [-0.25, -0.2) is 13.4 Å². The lowest BCUT2D eigenvalue weighted by Crippen LogP contribution is -2.43. The van der Waals surface area contributed by atoms with Gasteiger partial charge in [0.15, 0.2) is 5.03 Å². The van der Waals surface area contributed by atoms with Crippen LogP contribution in [-0.2, 0) is 16.4 Å². The van der Waals surface area contributed by atoms with Crippen LogP contribution in [0.15, 0.2) is 11.2 Å². The van der Waals surface area contributed by atoms with Crippen LogP contribution >= 0.6 is 12.2 Å². The second kappa shape index (κ2) is 6.19. The molecule has 112 valence electrons. The second-order valence-electron chi connectivity index (χ2n) is 5.00. The normalized spacial score (nSPS) is 16.9. The van der Waals surface area contributed by atoms with E-state index in [-0.39, 0.29) is 22.6 Å². The molecule has 0 aliphatic heterocycles. The second-order valence-corrected chi connectivity index (χ2v) is 7.39. The van der Waals surface area contributed by atoms with Crippen LogP contribution < -0.4 is 5.73 Å². The molecular weight excluding hydrogens is 296 g/mol. The van der Waals surface area contributed by atoms with Crippen molar-refractivity contribution in [2.75, 3.05) is 6.54 Å². The molecule has 1 aromatic heterocycles. The van der Waals surface area contributed by atoms with Crippen molar-refractivity contribution in [3.8, 4) is 0 Å². The van der Waals surface area contributed by atoms with Crippen LogP contribution in [0.5, 0.6) is 0 Å². The molecule has 0 unspecified atom stereocenters. The first kappa shape index (κ1) is 15.4. The topological polar surface area (TPSA) is 92.1 Å². The zero-order chi connectivity index (χ0) is 14.8. The number of hydrogen-bond acceptors (Lipinski definition) is 4. The van der Waals surface area contributed by atoms with Crippen molar-refractivity contribution in [1.29, 1.82) is 0 Å². The molecule has 1 fully saturated rings. The summed E-state index contributed by atoms with van der Waals surface area (Å²) < 4.78 is 26.9. The summed E-state index contributed by atoms with van der Waals surface area (Å²) in [5.41, 5.74) is 5.57. The zero-order valence-electron chi connectivity index (χ0n) is 11.5. The fourth-order valence-corrected chi connectivity index (χ4v) is 4.36. The fraction of sp³-hybridized carbons (Fsp3) is 0.667. The number of hydrogen-bond donors (Lipinski definition) is 2. The van der Waals surface area contributed by atoms with E-state index in [0.717, 1.165) is 25.7 Å². The maximum atomic E-state index is 12.7. The summed E-state index contributed by atoms with van der Waals surface area (Å²) in [4.78, 5) is 7.11. The molecule has 1 aromatic rings. The van der Waals surface area contributed by atoms with E-state index in [1.807, 2.05) is 6.92 Å². The summed E-state index contributed by atoms with van der Waals surface area (Å²) in [6.07, 6.45) is 5.82. The maximum Gasteiger partial charge on any atom is 0.260 e. The van der Waals surface area contributed by atoms with E-state index < -0.39 is 10.0 Å². The molecule has 0 amide bonds. The number of thiocarbonyl (C=S) groups is 1. The summed E-state index contributed by atoms with van der Waals surface area (Å²) >= 11 is 4.90. The van der Waals surface area contributed by atoms with E-state index in [2.05, 4.69) is 9.97 Å². The lowest BCUT2D eigenvalue weighted by Gasteiger charge is -2.26. The first-order valence-corrected chi connectivity index (χ1v) is 8.64. The van der Waals surface area contributed by atoms with Crippen molar-refractivity contribution in [2.45, 2.75) is 50.1 Å². The lowest BCUT2D eigenvalue weighted by atomic mass is 10.2.